The van der Waals surface area contributed by atoms with Crippen LogP contribution in [0.1, 0.15) is 20.8 Å². The molecule has 1 rings (SSSR count). The Labute approximate surface area is 112 Å². The van der Waals surface area contributed by atoms with Gasteiger partial charge in [0.15, 0.2) is 0 Å². The van der Waals surface area contributed by atoms with E-state index in [0.29, 0.717) is 0 Å². The predicted octanol–water partition coefficient (Wildman–Crippen LogP) is 1.70. The van der Waals surface area contributed by atoms with Crippen LogP contribution in [0.3, 0.4) is 0 Å². The summed E-state index contributed by atoms with van der Waals surface area (Å²) in [5.74, 6) is -1.30. The summed E-state index contributed by atoms with van der Waals surface area (Å²) < 4.78 is 35.9. The van der Waals surface area contributed by atoms with Crippen LogP contribution in [0.15, 0.2) is 23.1 Å². The number of nitrogens with two attached hydrogens (primary N) is 1. The number of hydrogen-bond donors (Lipinski definition) is 2. The molecule has 5 nitrogen and oxygen atoms in total. The number of benzene rings is 1. The number of sulfonamides is 1. The zero-order chi connectivity index (χ0) is 14.8. The second kappa shape index (κ2) is 5.66. The van der Waals surface area contributed by atoms with Crippen LogP contribution in [0.4, 0.5) is 10.1 Å². The van der Waals surface area contributed by atoms with Gasteiger partial charge in [0.25, 0.3) is 0 Å². The number of carbonyl (C=O) groups excluding carboxylic acids is 1. The minimum Gasteiger partial charge on any atom is -0.325 e. The molecular formula is C12H17FN2O3S. The third-order valence-electron chi connectivity index (χ3n) is 2.92. The first-order valence-corrected chi connectivity index (χ1v) is 7.30. The van der Waals surface area contributed by atoms with Crippen molar-refractivity contribution in [2.24, 2.45) is 17.0 Å². The van der Waals surface area contributed by atoms with E-state index in [-0.39, 0.29) is 28.3 Å². The topological polar surface area (TPSA) is 89.3 Å². The first-order chi connectivity index (χ1) is 8.62. The number of nitrogens with one attached hydrogen (secondary N) is 1. The molecule has 0 spiro atoms. The maximum atomic E-state index is 13.2. The highest BCUT2D eigenvalue weighted by Crippen LogP contribution is 2.22. The van der Waals surface area contributed by atoms with Gasteiger partial charge in [0.2, 0.25) is 15.9 Å². The smallest absolute Gasteiger partial charge is 0.240 e. The lowest BCUT2D eigenvalue weighted by Gasteiger charge is -2.16. The zero-order valence-corrected chi connectivity index (χ0v) is 11.8. The fourth-order valence-electron chi connectivity index (χ4n) is 1.40. The summed E-state index contributed by atoms with van der Waals surface area (Å²) in [7, 11) is -4.02. The van der Waals surface area contributed by atoms with Gasteiger partial charge < -0.3 is 5.32 Å². The van der Waals surface area contributed by atoms with Gasteiger partial charge in [-0.2, -0.15) is 0 Å². The van der Waals surface area contributed by atoms with Crippen molar-refractivity contribution in [1.29, 1.82) is 0 Å². The first kappa shape index (κ1) is 15.6. The van der Waals surface area contributed by atoms with Crippen molar-refractivity contribution in [2.75, 3.05) is 5.32 Å². The molecule has 0 aliphatic rings. The molecule has 0 saturated heterocycles. The average molecular weight is 288 g/mol. The third kappa shape index (κ3) is 4.00. The van der Waals surface area contributed by atoms with Gasteiger partial charge in [-0.25, -0.2) is 17.9 Å². The van der Waals surface area contributed by atoms with E-state index in [1.54, 1.807) is 6.92 Å². The summed E-state index contributed by atoms with van der Waals surface area (Å²) in [6.07, 6.45) is 0. The molecule has 19 heavy (non-hydrogen) atoms. The van der Waals surface area contributed by atoms with Crippen LogP contribution in [-0.2, 0) is 14.8 Å². The molecule has 3 N–H and O–H groups in total. The van der Waals surface area contributed by atoms with Crippen molar-refractivity contribution in [3.8, 4) is 0 Å². The Morgan fingerprint density at radius 1 is 1.32 bits per heavy atom. The number of hydrogen-bond acceptors (Lipinski definition) is 3. The van der Waals surface area contributed by atoms with Gasteiger partial charge in [0.1, 0.15) is 10.7 Å². The molecule has 0 radical (unpaired) electrons. The predicted molar refractivity (Wildman–Crippen MR) is 70.4 cm³/mol. The Kier molecular flexibility index (Phi) is 4.65. The number of rotatable bonds is 4. The number of primary sulfonamides is 1. The van der Waals surface area contributed by atoms with Crippen LogP contribution in [0, 0.1) is 17.7 Å². The lowest BCUT2D eigenvalue weighted by Crippen LogP contribution is -2.26. The molecule has 0 aliphatic heterocycles. The highest BCUT2D eigenvalue weighted by molar-refractivity contribution is 7.89. The Bertz CT molecular complexity index is 585. The maximum Gasteiger partial charge on any atom is 0.240 e. The minimum atomic E-state index is -4.02. The van der Waals surface area contributed by atoms with Crippen LogP contribution in [0.5, 0.6) is 0 Å². The Morgan fingerprint density at radius 3 is 2.37 bits per heavy atom. The quantitative estimate of drug-likeness (QED) is 0.883. The van der Waals surface area contributed by atoms with Gasteiger partial charge in [-0.1, -0.05) is 20.8 Å². The van der Waals surface area contributed by atoms with Crippen molar-refractivity contribution in [1.82, 2.24) is 0 Å². The maximum absolute atomic E-state index is 13.2. The molecule has 1 aromatic rings. The molecule has 7 heteroatoms. The van der Waals surface area contributed by atoms with Crippen molar-refractivity contribution in [3.63, 3.8) is 0 Å². The molecule has 0 aliphatic carbocycles. The molecule has 1 atom stereocenters. The molecule has 1 amide bonds. The van der Waals surface area contributed by atoms with Gasteiger partial charge in [-0.3, -0.25) is 4.79 Å². The number of carbonyl (C=O) groups is 1. The summed E-state index contributed by atoms with van der Waals surface area (Å²) in [4.78, 5) is 11.6. The Morgan fingerprint density at radius 2 is 1.89 bits per heavy atom. The molecule has 0 saturated carbocycles. The second-order valence-corrected chi connectivity index (χ2v) is 6.24. The van der Waals surface area contributed by atoms with E-state index in [2.05, 4.69) is 5.32 Å². The molecule has 0 heterocycles. The van der Waals surface area contributed by atoms with Crippen molar-refractivity contribution in [2.45, 2.75) is 25.7 Å². The lowest BCUT2D eigenvalue weighted by molar-refractivity contribution is -0.120. The fourth-order valence-corrected chi connectivity index (χ4v) is 2.07. The van der Waals surface area contributed by atoms with E-state index in [9.17, 15) is 17.6 Å². The van der Waals surface area contributed by atoms with E-state index in [1.165, 1.54) is 0 Å². The minimum absolute atomic E-state index is 0.0755. The van der Waals surface area contributed by atoms with E-state index in [0.717, 1.165) is 18.2 Å². The molecular weight excluding hydrogens is 271 g/mol. The largest absolute Gasteiger partial charge is 0.325 e. The molecule has 1 unspecified atom stereocenters. The van der Waals surface area contributed by atoms with Gasteiger partial charge >= 0.3 is 0 Å². The number of amides is 1. The van der Waals surface area contributed by atoms with Gasteiger partial charge in [-0.05, 0) is 24.1 Å². The zero-order valence-electron chi connectivity index (χ0n) is 11.0. The van der Waals surface area contributed by atoms with Crippen LogP contribution >= 0.6 is 0 Å². The van der Waals surface area contributed by atoms with Gasteiger partial charge in [0, 0.05) is 5.92 Å². The molecule has 106 valence electrons. The summed E-state index contributed by atoms with van der Waals surface area (Å²) >= 11 is 0. The van der Waals surface area contributed by atoms with Crippen LogP contribution in [-0.4, -0.2) is 14.3 Å². The lowest BCUT2D eigenvalue weighted by atomic mass is 9.97. The Hall–Kier alpha value is -1.47. The first-order valence-electron chi connectivity index (χ1n) is 5.76. The second-order valence-electron chi connectivity index (χ2n) is 4.71. The molecule has 0 aromatic heterocycles. The van der Waals surface area contributed by atoms with E-state index >= 15 is 0 Å². The Balaban J connectivity index is 3.14. The highest BCUT2D eigenvalue weighted by atomic mass is 32.2. The van der Waals surface area contributed by atoms with Crippen molar-refractivity contribution >= 4 is 21.6 Å². The molecule has 0 fully saturated rings. The molecule has 0 bridgehead atoms. The standard InChI is InChI=1S/C12H17FN2O3S/c1-7(2)8(3)12(16)15-10-6-9(13)4-5-11(10)19(14,17)18/h4-8H,1-3H3,(H,15,16)(H2,14,17,18). The SMILES string of the molecule is CC(C)C(C)C(=O)Nc1cc(F)ccc1S(N)(=O)=O. The third-order valence-corrected chi connectivity index (χ3v) is 3.89. The van der Waals surface area contributed by atoms with Crippen molar-refractivity contribution < 1.29 is 17.6 Å². The highest BCUT2D eigenvalue weighted by Gasteiger charge is 2.21. The number of halogens is 1. The van der Waals surface area contributed by atoms with Crippen LogP contribution in [0.25, 0.3) is 0 Å². The van der Waals surface area contributed by atoms with Gasteiger partial charge in [-0.15, -0.1) is 0 Å². The van der Waals surface area contributed by atoms with Gasteiger partial charge in [0.05, 0.1) is 5.69 Å². The molecule has 1 aromatic carbocycles. The van der Waals surface area contributed by atoms with Crippen LogP contribution < -0.4 is 10.5 Å². The summed E-state index contributed by atoms with van der Waals surface area (Å²) in [5.41, 5.74) is -0.139. The van der Waals surface area contributed by atoms with E-state index in [4.69, 9.17) is 5.14 Å². The summed E-state index contributed by atoms with van der Waals surface area (Å²) in [6.45, 7) is 5.42. The summed E-state index contributed by atoms with van der Waals surface area (Å²) in [6, 6.07) is 2.94. The van der Waals surface area contributed by atoms with Crippen LogP contribution in [0.2, 0.25) is 0 Å². The summed E-state index contributed by atoms with van der Waals surface area (Å²) in [5, 5.41) is 7.42. The van der Waals surface area contributed by atoms with E-state index < -0.39 is 15.8 Å². The van der Waals surface area contributed by atoms with Crippen molar-refractivity contribution in [3.05, 3.63) is 24.0 Å². The normalized spacial score (nSPS) is 13.4. The average Bonchev–Trinajstić information content (AvgIpc) is 2.26. The monoisotopic (exact) mass is 288 g/mol. The van der Waals surface area contributed by atoms with E-state index in [1.807, 2.05) is 13.8 Å². The fraction of sp³-hybridized carbons (Fsp3) is 0.417. The number of anilines is 1.